The first-order chi connectivity index (χ1) is 4.83. The van der Waals surface area contributed by atoms with Crippen molar-refractivity contribution in [2.24, 2.45) is 0 Å². The van der Waals surface area contributed by atoms with Gasteiger partial charge < -0.3 is 4.18 Å². The molecule has 1 aromatic carbocycles. The Bertz CT molecular complexity index is 195. The highest BCUT2D eigenvalue weighted by atomic mass is 33.1. The van der Waals surface area contributed by atoms with Gasteiger partial charge in [-0.25, -0.2) is 0 Å². The third kappa shape index (κ3) is 2.15. The lowest BCUT2D eigenvalue weighted by atomic mass is 10.2. The van der Waals surface area contributed by atoms with Crippen molar-refractivity contribution in [3.63, 3.8) is 0 Å². The van der Waals surface area contributed by atoms with Gasteiger partial charge in [-0.15, -0.1) is 0 Å². The Balaban J connectivity index is 2.69. The van der Waals surface area contributed by atoms with Crippen LogP contribution in [0.1, 0.15) is 5.56 Å². The molecule has 3 heteroatoms. The molecule has 1 nitrogen and oxygen atoms in total. The molecule has 0 saturated carbocycles. The molecular formula is C7H8OS2. The lowest BCUT2D eigenvalue weighted by molar-refractivity contribution is 0.656. The molecular weight excluding hydrogens is 164 g/mol. The van der Waals surface area contributed by atoms with Gasteiger partial charge in [0.05, 0.1) is 0 Å². The van der Waals surface area contributed by atoms with E-state index < -0.39 is 0 Å². The van der Waals surface area contributed by atoms with Crippen molar-refractivity contribution in [3.05, 3.63) is 29.8 Å². The second kappa shape index (κ2) is 3.78. The molecule has 54 valence electrons. The minimum absolute atomic E-state index is 0.839. The van der Waals surface area contributed by atoms with E-state index in [9.17, 15) is 0 Å². The Kier molecular flexibility index (Phi) is 2.96. The number of aryl methyl sites for hydroxylation is 1. The van der Waals surface area contributed by atoms with E-state index in [0.29, 0.717) is 0 Å². The van der Waals surface area contributed by atoms with Crippen LogP contribution in [0, 0.1) is 6.92 Å². The van der Waals surface area contributed by atoms with E-state index in [2.05, 4.69) is 11.7 Å². The van der Waals surface area contributed by atoms with Gasteiger partial charge in [0.25, 0.3) is 0 Å². The zero-order chi connectivity index (χ0) is 7.40. The average molecular weight is 172 g/mol. The predicted octanol–water partition coefficient (Wildman–Crippen LogP) is 2.87. The van der Waals surface area contributed by atoms with Gasteiger partial charge in [0.1, 0.15) is 16.8 Å². The number of thiol groups is 1. The Morgan fingerprint density at radius 1 is 1.30 bits per heavy atom. The van der Waals surface area contributed by atoms with Gasteiger partial charge in [-0.05, 0) is 19.1 Å². The Morgan fingerprint density at radius 3 is 2.40 bits per heavy atom. The molecule has 0 unspecified atom stereocenters. The fraction of sp³-hybridized carbons (Fsp3) is 0.143. The lowest BCUT2D eigenvalue weighted by Gasteiger charge is -1.98. The quantitative estimate of drug-likeness (QED) is 0.417. The van der Waals surface area contributed by atoms with Gasteiger partial charge in [0.15, 0.2) is 0 Å². The first-order valence-corrected chi connectivity index (χ1v) is 4.67. The van der Waals surface area contributed by atoms with E-state index >= 15 is 0 Å². The summed E-state index contributed by atoms with van der Waals surface area (Å²) in [6.45, 7) is 2.04. The molecule has 0 bridgehead atoms. The molecule has 10 heavy (non-hydrogen) atoms. The average Bonchev–Trinajstić information content (AvgIpc) is 1.95. The van der Waals surface area contributed by atoms with Gasteiger partial charge in [-0.3, -0.25) is 0 Å². The largest absolute Gasteiger partial charge is 0.415 e. The normalized spacial score (nSPS) is 9.40. The number of hydrogen-bond acceptors (Lipinski definition) is 3. The van der Waals surface area contributed by atoms with Crippen molar-refractivity contribution < 1.29 is 4.18 Å². The second-order valence-electron chi connectivity index (χ2n) is 1.97. The fourth-order valence-electron chi connectivity index (χ4n) is 0.637. The summed E-state index contributed by atoms with van der Waals surface area (Å²) in [6.07, 6.45) is 0. The maximum Gasteiger partial charge on any atom is 0.138 e. The van der Waals surface area contributed by atoms with Crippen LogP contribution in [-0.2, 0) is 0 Å². The van der Waals surface area contributed by atoms with Gasteiger partial charge in [0.2, 0.25) is 0 Å². The van der Waals surface area contributed by atoms with Gasteiger partial charge in [-0.2, -0.15) is 0 Å². The smallest absolute Gasteiger partial charge is 0.138 e. The van der Waals surface area contributed by atoms with Crippen LogP contribution in [0.4, 0.5) is 0 Å². The van der Waals surface area contributed by atoms with Crippen LogP contribution in [0.15, 0.2) is 24.3 Å². The molecule has 0 aliphatic rings. The number of benzene rings is 1. The first-order valence-electron chi connectivity index (χ1n) is 2.87. The summed E-state index contributed by atoms with van der Waals surface area (Å²) in [6, 6.07) is 7.83. The molecule has 1 rings (SSSR count). The maximum absolute atomic E-state index is 5.04. The van der Waals surface area contributed by atoms with Gasteiger partial charge in [0, 0.05) is 0 Å². The fourth-order valence-corrected chi connectivity index (χ4v) is 1.09. The van der Waals surface area contributed by atoms with Crippen molar-refractivity contribution in [2.75, 3.05) is 0 Å². The summed E-state index contributed by atoms with van der Waals surface area (Å²) in [7, 11) is 0. The van der Waals surface area contributed by atoms with Crippen LogP contribution in [0.5, 0.6) is 5.75 Å². The number of hydrogen-bond donors (Lipinski definition) is 1. The molecule has 0 aromatic heterocycles. The van der Waals surface area contributed by atoms with Crippen LogP contribution < -0.4 is 4.18 Å². The highest BCUT2D eigenvalue weighted by molar-refractivity contribution is 8.66. The Morgan fingerprint density at radius 2 is 1.90 bits per heavy atom. The minimum Gasteiger partial charge on any atom is -0.415 e. The molecule has 0 aliphatic heterocycles. The maximum atomic E-state index is 5.04. The Hall–Kier alpha value is -0.280. The molecule has 0 aliphatic carbocycles. The molecule has 0 radical (unpaired) electrons. The monoisotopic (exact) mass is 172 g/mol. The third-order valence-electron chi connectivity index (χ3n) is 1.15. The zero-order valence-corrected chi connectivity index (χ0v) is 7.28. The molecule has 0 saturated heterocycles. The van der Waals surface area contributed by atoms with Crippen molar-refractivity contribution >= 4 is 22.7 Å². The molecule has 0 N–H and O–H groups in total. The molecule has 0 fully saturated rings. The molecule has 0 heterocycles. The molecule has 0 amide bonds. The van der Waals surface area contributed by atoms with Crippen molar-refractivity contribution in [3.8, 4) is 5.75 Å². The topological polar surface area (TPSA) is 9.23 Å². The van der Waals surface area contributed by atoms with Crippen LogP contribution in [-0.4, -0.2) is 0 Å². The summed E-state index contributed by atoms with van der Waals surface area (Å²) in [5.74, 6) is 0.839. The Labute approximate surface area is 69.8 Å². The second-order valence-corrected chi connectivity index (χ2v) is 2.73. The van der Waals surface area contributed by atoms with E-state index in [0.717, 1.165) is 16.8 Å². The third-order valence-corrected chi connectivity index (χ3v) is 1.65. The molecule has 1 aromatic rings. The van der Waals surface area contributed by atoms with Crippen LogP contribution in [0.3, 0.4) is 0 Å². The SMILES string of the molecule is Cc1ccc(OSS)cc1. The van der Waals surface area contributed by atoms with E-state index in [4.69, 9.17) is 4.18 Å². The molecule has 0 spiro atoms. The summed E-state index contributed by atoms with van der Waals surface area (Å²) < 4.78 is 5.04. The highest BCUT2D eigenvalue weighted by Crippen LogP contribution is 2.18. The van der Waals surface area contributed by atoms with Crippen LogP contribution in [0.2, 0.25) is 0 Å². The lowest BCUT2D eigenvalue weighted by Crippen LogP contribution is -1.76. The molecule has 0 atom stereocenters. The summed E-state index contributed by atoms with van der Waals surface area (Å²) in [5, 5.41) is 0. The van der Waals surface area contributed by atoms with Crippen molar-refractivity contribution in [1.29, 1.82) is 0 Å². The summed E-state index contributed by atoms with van der Waals surface area (Å²) >= 11 is 4.91. The van der Waals surface area contributed by atoms with Gasteiger partial charge in [-0.1, -0.05) is 29.4 Å². The van der Waals surface area contributed by atoms with E-state index in [1.54, 1.807) is 0 Å². The highest BCUT2D eigenvalue weighted by Gasteiger charge is 1.89. The summed E-state index contributed by atoms with van der Waals surface area (Å²) in [5.41, 5.74) is 1.23. The standard InChI is InChI=1S/C7H8OS2/c1-6-2-4-7(5-3-6)8-10-9/h2-5,9H,1H3. The van der Waals surface area contributed by atoms with E-state index in [1.807, 2.05) is 31.2 Å². The summed E-state index contributed by atoms with van der Waals surface area (Å²) in [4.78, 5) is 0. The van der Waals surface area contributed by atoms with E-state index in [-0.39, 0.29) is 0 Å². The van der Waals surface area contributed by atoms with E-state index in [1.165, 1.54) is 5.56 Å². The first kappa shape index (κ1) is 7.82. The van der Waals surface area contributed by atoms with Crippen LogP contribution in [0.25, 0.3) is 0 Å². The number of rotatable bonds is 2. The van der Waals surface area contributed by atoms with Crippen LogP contribution >= 0.6 is 22.7 Å². The van der Waals surface area contributed by atoms with Crippen molar-refractivity contribution in [1.82, 2.24) is 0 Å². The predicted molar refractivity (Wildman–Crippen MR) is 48.4 cm³/mol. The minimum atomic E-state index is 0.839. The zero-order valence-electron chi connectivity index (χ0n) is 5.57. The van der Waals surface area contributed by atoms with Crippen molar-refractivity contribution in [2.45, 2.75) is 6.92 Å². The van der Waals surface area contributed by atoms with Gasteiger partial charge >= 0.3 is 0 Å².